The molecule has 0 bridgehead atoms. The highest BCUT2D eigenvalue weighted by Crippen LogP contribution is 2.19. The number of alkyl carbamates (subject to hydrolysis) is 1. The van der Waals surface area contributed by atoms with Gasteiger partial charge in [-0.1, -0.05) is 0 Å². The lowest BCUT2D eigenvalue weighted by Crippen LogP contribution is -2.44. The molecular formula is C17H28N2O2S. The molecule has 0 saturated heterocycles. The Hall–Kier alpha value is -1.07. The Bertz CT molecular complexity index is 446. The van der Waals surface area contributed by atoms with Gasteiger partial charge in [-0.15, -0.1) is 0 Å². The van der Waals surface area contributed by atoms with Crippen molar-refractivity contribution in [1.29, 1.82) is 0 Å². The van der Waals surface area contributed by atoms with Crippen LogP contribution in [0.25, 0.3) is 0 Å². The van der Waals surface area contributed by atoms with Crippen molar-refractivity contribution in [2.24, 2.45) is 0 Å². The predicted molar refractivity (Wildman–Crippen MR) is 91.4 cm³/mol. The summed E-state index contributed by atoms with van der Waals surface area (Å²) in [7, 11) is 0. The Morgan fingerprint density at radius 1 is 1.27 bits per heavy atom. The number of carbonyl (C=O) groups excluding carboxylic acids is 1. The molecule has 22 heavy (non-hydrogen) atoms. The maximum Gasteiger partial charge on any atom is 0.407 e. The van der Waals surface area contributed by atoms with Crippen molar-refractivity contribution in [3.63, 3.8) is 0 Å². The average Bonchev–Trinajstić information content (AvgIpc) is 2.92. The number of thiophene rings is 1. The van der Waals surface area contributed by atoms with E-state index in [4.69, 9.17) is 4.74 Å². The van der Waals surface area contributed by atoms with Crippen LogP contribution in [-0.4, -0.2) is 30.3 Å². The molecule has 2 rings (SSSR count). The van der Waals surface area contributed by atoms with Gasteiger partial charge in [-0.3, -0.25) is 0 Å². The van der Waals surface area contributed by atoms with Gasteiger partial charge in [0.1, 0.15) is 5.60 Å². The second-order valence-corrected chi connectivity index (χ2v) is 7.81. The zero-order valence-corrected chi connectivity index (χ0v) is 14.7. The molecule has 0 spiro atoms. The van der Waals surface area contributed by atoms with Crippen molar-refractivity contribution in [3.8, 4) is 0 Å². The van der Waals surface area contributed by atoms with Crippen LogP contribution in [0.5, 0.6) is 0 Å². The van der Waals surface area contributed by atoms with E-state index in [1.165, 1.54) is 5.56 Å². The third kappa shape index (κ3) is 6.36. The van der Waals surface area contributed by atoms with Gasteiger partial charge in [0.05, 0.1) is 0 Å². The molecule has 1 aromatic rings. The zero-order valence-electron chi connectivity index (χ0n) is 13.9. The lowest BCUT2D eigenvalue weighted by atomic mass is 9.91. The standard InChI is InChI=1S/C17H28N2O2S/c1-17(2,3)21-16(20)19-15-6-4-14(5-7-15)18-10-8-13-9-11-22-12-13/h9,11-12,14-15,18H,4-8,10H2,1-3H3,(H,19,20). The van der Waals surface area contributed by atoms with Gasteiger partial charge in [-0.25, -0.2) is 4.79 Å². The van der Waals surface area contributed by atoms with Gasteiger partial charge in [-0.2, -0.15) is 11.3 Å². The molecule has 2 N–H and O–H groups in total. The number of carbonyl (C=O) groups is 1. The average molecular weight is 324 g/mol. The van der Waals surface area contributed by atoms with E-state index >= 15 is 0 Å². The molecule has 0 atom stereocenters. The summed E-state index contributed by atoms with van der Waals surface area (Å²) in [6.45, 7) is 6.70. The number of hydrogen-bond donors (Lipinski definition) is 2. The Morgan fingerprint density at radius 3 is 2.55 bits per heavy atom. The molecule has 1 amide bonds. The molecule has 0 unspecified atom stereocenters. The molecule has 1 heterocycles. The fourth-order valence-corrected chi connectivity index (χ4v) is 3.47. The summed E-state index contributed by atoms with van der Waals surface area (Å²) in [4.78, 5) is 11.8. The second-order valence-electron chi connectivity index (χ2n) is 7.03. The van der Waals surface area contributed by atoms with E-state index < -0.39 is 5.60 Å². The first-order valence-corrected chi connectivity index (χ1v) is 9.10. The third-order valence-electron chi connectivity index (χ3n) is 3.87. The molecule has 124 valence electrons. The number of nitrogens with one attached hydrogen (secondary N) is 2. The maximum absolute atomic E-state index is 11.8. The van der Waals surface area contributed by atoms with Crippen LogP contribution in [0.3, 0.4) is 0 Å². The van der Waals surface area contributed by atoms with Crippen molar-refractivity contribution in [3.05, 3.63) is 22.4 Å². The third-order valence-corrected chi connectivity index (χ3v) is 4.61. The van der Waals surface area contributed by atoms with Gasteiger partial charge in [0.2, 0.25) is 0 Å². The molecule has 4 nitrogen and oxygen atoms in total. The molecule has 1 aliphatic carbocycles. The molecule has 5 heteroatoms. The van der Waals surface area contributed by atoms with Crippen LogP contribution in [0.2, 0.25) is 0 Å². The van der Waals surface area contributed by atoms with Crippen molar-refractivity contribution >= 4 is 17.4 Å². The van der Waals surface area contributed by atoms with Gasteiger partial charge < -0.3 is 15.4 Å². The topological polar surface area (TPSA) is 50.4 Å². The normalized spacial score (nSPS) is 22.3. The SMILES string of the molecule is CC(C)(C)OC(=O)NC1CCC(NCCc2ccsc2)CC1. The molecule has 0 aromatic carbocycles. The van der Waals surface area contributed by atoms with Crippen molar-refractivity contribution in [1.82, 2.24) is 10.6 Å². The van der Waals surface area contributed by atoms with E-state index in [9.17, 15) is 4.79 Å². The number of amides is 1. The second kappa shape index (κ2) is 7.97. The Kier molecular flexibility index (Phi) is 6.26. The van der Waals surface area contributed by atoms with Crippen molar-refractivity contribution in [2.75, 3.05) is 6.54 Å². The first-order chi connectivity index (χ1) is 10.4. The molecule has 0 aliphatic heterocycles. The molecule has 1 aromatic heterocycles. The quantitative estimate of drug-likeness (QED) is 0.868. The smallest absolute Gasteiger partial charge is 0.407 e. The first-order valence-electron chi connectivity index (χ1n) is 8.16. The zero-order chi connectivity index (χ0) is 16.0. The predicted octanol–water partition coefficient (Wildman–Crippen LogP) is 3.72. The minimum Gasteiger partial charge on any atom is -0.444 e. The van der Waals surface area contributed by atoms with E-state index in [1.807, 2.05) is 20.8 Å². The molecule has 1 saturated carbocycles. The van der Waals surface area contributed by atoms with Gasteiger partial charge >= 0.3 is 6.09 Å². The maximum atomic E-state index is 11.8. The van der Waals surface area contributed by atoms with E-state index in [1.54, 1.807) is 11.3 Å². The fraction of sp³-hybridized carbons (Fsp3) is 0.706. The van der Waals surface area contributed by atoms with Gasteiger partial charge in [0.15, 0.2) is 0 Å². The van der Waals surface area contributed by atoms with Gasteiger partial charge in [0, 0.05) is 12.1 Å². The van der Waals surface area contributed by atoms with Crippen LogP contribution < -0.4 is 10.6 Å². The van der Waals surface area contributed by atoms with Gasteiger partial charge in [-0.05, 0) is 81.8 Å². The monoisotopic (exact) mass is 324 g/mol. The fourth-order valence-electron chi connectivity index (χ4n) is 2.77. The summed E-state index contributed by atoms with van der Waals surface area (Å²) in [6, 6.07) is 3.02. The molecule has 0 radical (unpaired) electrons. The van der Waals surface area contributed by atoms with E-state index in [-0.39, 0.29) is 12.1 Å². The van der Waals surface area contributed by atoms with Crippen LogP contribution in [0.4, 0.5) is 4.79 Å². The summed E-state index contributed by atoms with van der Waals surface area (Å²) in [5, 5.41) is 11.0. The van der Waals surface area contributed by atoms with E-state index in [0.717, 1.165) is 38.6 Å². The summed E-state index contributed by atoms with van der Waals surface area (Å²) in [5.41, 5.74) is 0.989. The van der Waals surface area contributed by atoms with Crippen LogP contribution in [-0.2, 0) is 11.2 Å². The Balaban J connectivity index is 1.60. The Labute approximate surface area is 137 Å². The van der Waals surface area contributed by atoms with Crippen LogP contribution in [0.1, 0.15) is 52.0 Å². The number of hydrogen-bond acceptors (Lipinski definition) is 4. The molecule has 1 fully saturated rings. The minimum absolute atomic E-state index is 0.254. The van der Waals surface area contributed by atoms with Crippen LogP contribution in [0, 0.1) is 0 Å². The van der Waals surface area contributed by atoms with Crippen LogP contribution >= 0.6 is 11.3 Å². The van der Waals surface area contributed by atoms with Gasteiger partial charge in [0.25, 0.3) is 0 Å². The first kappa shape index (κ1) is 17.3. The largest absolute Gasteiger partial charge is 0.444 e. The summed E-state index contributed by atoms with van der Waals surface area (Å²) >= 11 is 1.76. The highest BCUT2D eigenvalue weighted by molar-refractivity contribution is 7.07. The van der Waals surface area contributed by atoms with Crippen molar-refractivity contribution < 1.29 is 9.53 Å². The number of rotatable bonds is 5. The van der Waals surface area contributed by atoms with E-state index in [0.29, 0.717) is 6.04 Å². The van der Waals surface area contributed by atoms with Crippen LogP contribution in [0.15, 0.2) is 16.8 Å². The number of ether oxygens (including phenoxy) is 1. The summed E-state index contributed by atoms with van der Waals surface area (Å²) < 4.78 is 5.31. The van der Waals surface area contributed by atoms with E-state index in [2.05, 4.69) is 27.5 Å². The lowest BCUT2D eigenvalue weighted by molar-refractivity contribution is 0.0490. The molecule has 1 aliphatic rings. The summed E-state index contributed by atoms with van der Waals surface area (Å²) in [6.07, 6.45) is 5.08. The Morgan fingerprint density at radius 2 is 1.95 bits per heavy atom. The minimum atomic E-state index is -0.426. The molecular weight excluding hydrogens is 296 g/mol. The highest BCUT2D eigenvalue weighted by Gasteiger charge is 2.24. The summed E-state index contributed by atoms with van der Waals surface area (Å²) in [5.74, 6) is 0. The van der Waals surface area contributed by atoms with Crippen molar-refractivity contribution in [2.45, 2.75) is 70.6 Å². The lowest BCUT2D eigenvalue weighted by Gasteiger charge is -2.30. The highest BCUT2D eigenvalue weighted by atomic mass is 32.1.